The van der Waals surface area contributed by atoms with Crippen LogP contribution in [0.2, 0.25) is 0 Å². The maximum Gasteiger partial charge on any atom is -0.00201 e. The van der Waals surface area contributed by atoms with E-state index in [9.17, 15) is 0 Å². The molecule has 0 N–H and O–H groups in total. The van der Waals surface area contributed by atoms with E-state index in [1.165, 1.54) is 43.1 Å². The molecule has 0 heterocycles. The minimum atomic E-state index is 1.37. The minimum absolute atomic E-state index is 1.37. The summed E-state index contributed by atoms with van der Waals surface area (Å²) in [5.74, 6) is 0. The van der Waals surface area contributed by atoms with Crippen molar-refractivity contribution in [3.05, 3.63) is 48.5 Å². The summed E-state index contributed by atoms with van der Waals surface area (Å²) in [6, 6.07) is 18.0. The zero-order valence-corrected chi connectivity index (χ0v) is 8.62. The molecule has 72 valence electrons. The fraction of sp³-hybridized carbons (Fsp3) is 0. The molecule has 0 saturated heterocycles. The van der Waals surface area contributed by atoms with E-state index in [0.29, 0.717) is 0 Å². The molecule has 0 radical (unpaired) electrons. The molecule has 0 saturated carbocycles. The molecular weight excluding hydrogens is 192 g/mol. The summed E-state index contributed by atoms with van der Waals surface area (Å²) in [5, 5.41) is 11.4. The first-order valence-corrected chi connectivity index (χ1v) is 5.64. The molecule has 0 unspecified atom stereocenters. The topological polar surface area (TPSA) is 0 Å². The van der Waals surface area contributed by atoms with Crippen LogP contribution in [0.25, 0.3) is 43.1 Å². The molecule has 0 spiro atoms. The van der Waals surface area contributed by atoms with Crippen molar-refractivity contribution in [3.8, 4) is 0 Å². The summed E-state index contributed by atoms with van der Waals surface area (Å²) in [6.07, 6.45) is 0. The Kier molecular flexibility index (Phi) is 0.927. The Labute approximate surface area is 92.1 Å². The lowest BCUT2D eigenvalue weighted by atomic mass is 9.85. The Morgan fingerprint density at radius 1 is 0.500 bits per heavy atom. The molecule has 7 rings (SSSR count). The van der Waals surface area contributed by atoms with Gasteiger partial charge in [0.1, 0.15) is 0 Å². The van der Waals surface area contributed by atoms with Gasteiger partial charge >= 0.3 is 0 Å². The molecule has 0 nitrogen and oxygen atoms in total. The summed E-state index contributed by atoms with van der Waals surface area (Å²) in [6.45, 7) is 0. The molecular formula is C16H8. The number of benzene rings is 7. The maximum atomic E-state index is 2.33. The van der Waals surface area contributed by atoms with Crippen LogP contribution in [-0.2, 0) is 0 Å². The van der Waals surface area contributed by atoms with Gasteiger partial charge in [0.25, 0.3) is 0 Å². The van der Waals surface area contributed by atoms with E-state index in [1.807, 2.05) is 0 Å². The van der Waals surface area contributed by atoms with E-state index in [1.54, 1.807) is 0 Å². The van der Waals surface area contributed by atoms with Crippen LogP contribution in [0.15, 0.2) is 48.5 Å². The third kappa shape index (κ3) is 0.570. The van der Waals surface area contributed by atoms with Crippen molar-refractivity contribution in [2.75, 3.05) is 0 Å². The van der Waals surface area contributed by atoms with Crippen LogP contribution in [0, 0.1) is 0 Å². The van der Waals surface area contributed by atoms with E-state index in [0.717, 1.165) is 0 Å². The first-order valence-electron chi connectivity index (χ1n) is 5.64. The first-order chi connectivity index (χ1) is 7.93. The van der Waals surface area contributed by atoms with Gasteiger partial charge in [-0.2, -0.15) is 0 Å². The average Bonchev–Trinajstić information content (AvgIpc) is 2.38. The Morgan fingerprint density at radius 3 is 2.25 bits per heavy atom. The number of fused-ring (bicyclic) bond motifs is 1. The molecule has 7 aromatic carbocycles. The van der Waals surface area contributed by atoms with Crippen LogP contribution >= 0.6 is 0 Å². The van der Waals surface area contributed by atoms with E-state index in [-0.39, 0.29) is 0 Å². The number of hydrogen-bond donors (Lipinski definition) is 0. The van der Waals surface area contributed by atoms with Crippen molar-refractivity contribution in [3.63, 3.8) is 0 Å². The van der Waals surface area contributed by atoms with Crippen molar-refractivity contribution in [1.82, 2.24) is 0 Å². The van der Waals surface area contributed by atoms with Crippen molar-refractivity contribution in [2.45, 2.75) is 0 Å². The van der Waals surface area contributed by atoms with Crippen LogP contribution in [0.3, 0.4) is 0 Å². The van der Waals surface area contributed by atoms with Gasteiger partial charge in [0.05, 0.1) is 0 Å². The Bertz CT molecular complexity index is 920. The van der Waals surface area contributed by atoms with Crippen LogP contribution in [0.4, 0.5) is 0 Å². The third-order valence-corrected chi connectivity index (χ3v) is 3.93. The zero-order valence-electron chi connectivity index (χ0n) is 8.62. The Hall–Kier alpha value is -2.08. The second-order valence-electron chi connectivity index (χ2n) is 4.65. The Morgan fingerprint density at radius 2 is 1.25 bits per heavy atom. The van der Waals surface area contributed by atoms with Crippen molar-refractivity contribution in [1.29, 1.82) is 0 Å². The molecule has 0 atom stereocenters. The van der Waals surface area contributed by atoms with Crippen molar-refractivity contribution in [2.24, 2.45) is 0 Å². The molecule has 0 heteroatoms. The fourth-order valence-corrected chi connectivity index (χ4v) is 3.29. The molecule has 0 aliphatic heterocycles. The number of rotatable bonds is 0. The van der Waals surface area contributed by atoms with Crippen molar-refractivity contribution < 1.29 is 0 Å². The van der Waals surface area contributed by atoms with Crippen LogP contribution in [0.1, 0.15) is 0 Å². The van der Waals surface area contributed by atoms with Gasteiger partial charge in [-0.25, -0.2) is 0 Å². The summed E-state index contributed by atoms with van der Waals surface area (Å²) in [4.78, 5) is 0. The predicted molar refractivity (Wildman–Crippen MR) is 70.0 cm³/mol. The summed E-state index contributed by atoms with van der Waals surface area (Å²) < 4.78 is 0. The SMILES string of the molecule is c1cc2ccc3c4ccc5cc4c(c1)c2c53. The van der Waals surface area contributed by atoms with Gasteiger partial charge in [-0.1, -0.05) is 42.5 Å². The standard InChI is InChI=1S/C16H8/c1-2-9-4-7-13-11-6-5-10-8-14(11)12(3-1)15(9)16(10)13/h1-8H. The molecule has 0 fully saturated rings. The second-order valence-corrected chi connectivity index (χ2v) is 4.65. The molecule has 0 aliphatic carbocycles. The summed E-state index contributed by atoms with van der Waals surface area (Å²) in [5.41, 5.74) is 0. The largest absolute Gasteiger partial charge is 0.0610 e. The quantitative estimate of drug-likeness (QED) is 0.320. The third-order valence-electron chi connectivity index (χ3n) is 3.93. The lowest BCUT2D eigenvalue weighted by molar-refractivity contribution is 1.80. The average molecular weight is 200 g/mol. The molecule has 0 aromatic heterocycles. The zero-order chi connectivity index (χ0) is 10.3. The lowest BCUT2D eigenvalue weighted by Crippen LogP contribution is -1.90. The van der Waals surface area contributed by atoms with Crippen molar-refractivity contribution >= 4 is 43.1 Å². The van der Waals surface area contributed by atoms with Gasteiger partial charge in [0, 0.05) is 0 Å². The first kappa shape index (κ1) is 7.24. The fourth-order valence-electron chi connectivity index (χ4n) is 3.29. The van der Waals surface area contributed by atoms with Gasteiger partial charge < -0.3 is 0 Å². The highest BCUT2D eigenvalue weighted by Crippen LogP contribution is 2.44. The Balaban J connectivity index is 2.47. The van der Waals surface area contributed by atoms with Gasteiger partial charge in [0.2, 0.25) is 0 Å². The predicted octanol–water partition coefficient (Wildman–Crippen LogP) is 4.61. The number of hydrogen-bond acceptors (Lipinski definition) is 0. The van der Waals surface area contributed by atoms with Crippen LogP contribution < -0.4 is 0 Å². The lowest BCUT2D eigenvalue weighted by Gasteiger charge is -2.18. The van der Waals surface area contributed by atoms with E-state index in [2.05, 4.69) is 48.5 Å². The highest BCUT2D eigenvalue weighted by Gasteiger charge is 2.16. The molecule has 0 amide bonds. The van der Waals surface area contributed by atoms with E-state index >= 15 is 0 Å². The molecule has 0 aliphatic rings. The molecule has 7 aromatic rings. The maximum absolute atomic E-state index is 2.33. The highest BCUT2D eigenvalue weighted by atomic mass is 14.2. The van der Waals surface area contributed by atoms with Gasteiger partial charge in [-0.05, 0) is 49.2 Å². The smallest absolute Gasteiger partial charge is 0.00201 e. The molecule has 6 bridgehead atoms. The summed E-state index contributed by atoms with van der Waals surface area (Å²) >= 11 is 0. The van der Waals surface area contributed by atoms with Gasteiger partial charge in [-0.3, -0.25) is 0 Å². The second kappa shape index (κ2) is 2.05. The van der Waals surface area contributed by atoms with Gasteiger partial charge in [-0.15, -0.1) is 0 Å². The monoisotopic (exact) mass is 200 g/mol. The minimum Gasteiger partial charge on any atom is -0.0610 e. The van der Waals surface area contributed by atoms with Gasteiger partial charge in [0.15, 0.2) is 0 Å². The van der Waals surface area contributed by atoms with Crippen LogP contribution in [0.5, 0.6) is 0 Å². The molecule has 16 heavy (non-hydrogen) atoms. The van der Waals surface area contributed by atoms with Crippen LogP contribution in [-0.4, -0.2) is 0 Å². The normalized spacial score (nSPS) is 13.0. The van der Waals surface area contributed by atoms with E-state index in [4.69, 9.17) is 0 Å². The highest BCUT2D eigenvalue weighted by molar-refractivity contribution is 6.37. The van der Waals surface area contributed by atoms with E-state index < -0.39 is 0 Å². The summed E-state index contributed by atoms with van der Waals surface area (Å²) in [7, 11) is 0.